The molecule has 2 atom stereocenters. The Morgan fingerprint density at radius 1 is 1.38 bits per heavy atom. The van der Waals surface area contributed by atoms with E-state index in [1.165, 1.54) is 12.0 Å². The predicted molar refractivity (Wildman–Crippen MR) is 65.1 cm³/mol. The first-order chi connectivity index (χ1) is 7.65. The first kappa shape index (κ1) is 11.4. The number of phenolic OH excluding ortho intramolecular Hbond substituents is 1. The second-order valence-corrected chi connectivity index (χ2v) is 4.83. The summed E-state index contributed by atoms with van der Waals surface area (Å²) in [7, 11) is 0. The SMILES string of the molecule is CC1CCN(Cc2ccc(O)cc2)CC1N. The lowest BCUT2D eigenvalue weighted by Crippen LogP contribution is -2.47. The third-order valence-electron chi connectivity index (χ3n) is 3.44. The highest BCUT2D eigenvalue weighted by atomic mass is 16.3. The van der Waals surface area contributed by atoms with Gasteiger partial charge in [0.15, 0.2) is 0 Å². The Labute approximate surface area is 96.9 Å². The average Bonchev–Trinajstić information content (AvgIpc) is 2.27. The Morgan fingerprint density at radius 2 is 2.06 bits per heavy atom. The summed E-state index contributed by atoms with van der Waals surface area (Å²) in [5.41, 5.74) is 7.30. The van der Waals surface area contributed by atoms with Crippen molar-refractivity contribution >= 4 is 0 Å². The summed E-state index contributed by atoms with van der Waals surface area (Å²) in [6.07, 6.45) is 1.18. The Hall–Kier alpha value is -1.06. The van der Waals surface area contributed by atoms with E-state index in [0.717, 1.165) is 19.6 Å². The number of aromatic hydroxyl groups is 1. The van der Waals surface area contributed by atoms with Crippen molar-refractivity contribution in [2.45, 2.75) is 25.9 Å². The minimum Gasteiger partial charge on any atom is -0.508 e. The maximum absolute atomic E-state index is 9.21. The lowest BCUT2D eigenvalue weighted by molar-refractivity contribution is 0.162. The number of rotatable bonds is 2. The molecule has 2 unspecified atom stereocenters. The molecule has 0 amide bonds. The zero-order valence-corrected chi connectivity index (χ0v) is 9.76. The molecule has 0 bridgehead atoms. The number of nitrogens with zero attached hydrogens (tertiary/aromatic N) is 1. The van der Waals surface area contributed by atoms with Gasteiger partial charge in [0.05, 0.1) is 0 Å². The maximum Gasteiger partial charge on any atom is 0.115 e. The number of hydrogen-bond acceptors (Lipinski definition) is 3. The fourth-order valence-electron chi connectivity index (χ4n) is 2.17. The maximum atomic E-state index is 9.21. The highest BCUT2D eigenvalue weighted by molar-refractivity contribution is 5.25. The number of nitrogens with two attached hydrogens (primary N) is 1. The van der Waals surface area contributed by atoms with E-state index in [1.54, 1.807) is 12.1 Å². The van der Waals surface area contributed by atoms with Gasteiger partial charge in [-0.1, -0.05) is 19.1 Å². The van der Waals surface area contributed by atoms with Gasteiger partial charge in [-0.2, -0.15) is 0 Å². The second-order valence-electron chi connectivity index (χ2n) is 4.83. The van der Waals surface area contributed by atoms with E-state index in [1.807, 2.05) is 12.1 Å². The van der Waals surface area contributed by atoms with Crippen molar-refractivity contribution < 1.29 is 5.11 Å². The molecule has 1 aromatic rings. The molecule has 0 saturated carbocycles. The highest BCUT2D eigenvalue weighted by Crippen LogP contribution is 2.18. The molecule has 0 aromatic heterocycles. The van der Waals surface area contributed by atoms with Crippen molar-refractivity contribution in [3.05, 3.63) is 29.8 Å². The molecule has 1 aliphatic rings. The van der Waals surface area contributed by atoms with Crippen LogP contribution in [0.3, 0.4) is 0 Å². The molecule has 1 heterocycles. The van der Waals surface area contributed by atoms with Crippen molar-refractivity contribution in [2.24, 2.45) is 11.7 Å². The van der Waals surface area contributed by atoms with Crippen LogP contribution in [0.1, 0.15) is 18.9 Å². The molecule has 1 saturated heterocycles. The van der Waals surface area contributed by atoms with E-state index in [2.05, 4.69) is 11.8 Å². The number of likely N-dealkylation sites (tertiary alicyclic amines) is 1. The molecule has 1 aromatic carbocycles. The molecule has 3 nitrogen and oxygen atoms in total. The summed E-state index contributed by atoms with van der Waals surface area (Å²) in [5.74, 6) is 0.962. The van der Waals surface area contributed by atoms with Gasteiger partial charge < -0.3 is 10.8 Å². The van der Waals surface area contributed by atoms with Crippen molar-refractivity contribution in [1.82, 2.24) is 4.90 Å². The Morgan fingerprint density at radius 3 is 2.69 bits per heavy atom. The van der Waals surface area contributed by atoms with Gasteiger partial charge in [0.1, 0.15) is 5.75 Å². The molecule has 16 heavy (non-hydrogen) atoms. The minimum atomic E-state index is 0.297. The zero-order valence-electron chi connectivity index (χ0n) is 9.76. The second kappa shape index (κ2) is 4.85. The molecule has 1 aliphatic heterocycles. The van der Waals surface area contributed by atoms with Crippen LogP contribution in [0.15, 0.2) is 24.3 Å². The third kappa shape index (κ3) is 2.74. The first-order valence-corrected chi connectivity index (χ1v) is 5.91. The van der Waals surface area contributed by atoms with Gasteiger partial charge >= 0.3 is 0 Å². The number of piperidine rings is 1. The van der Waals surface area contributed by atoms with Gasteiger partial charge in [-0.05, 0) is 36.6 Å². The van der Waals surface area contributed by atoms with Crippen LogP contribution in [0.2, 0.25) is 0 Å². The van der Waals surface area contributed by atoms with Crippen molar-refractivity contribution in [3.8, 4) is 5.75 Å². The van der Waals surface area contributed by atoms with Crippen LogP contribution in [0.25, 0.3) is 0 Å². The fourth-order valence-corrected chi connectivity index (χ4v) is 2.17. The van der Waals surface area contributed by atoms with Crippen LogP contribution < -0.4 is 5.73 Å². The summed E-state index contributed by atoms with van der Waals surface area (Å²) < 4.78 is 0. The van der Waals surface area contributed by atoms with Gasteiger partial charge in [-0.25, -0.2) is 0 Å². The van der Waals surface area contributed by atoms with Gasteiger partial charge in [-0.3, -0.25) is 4.90 Å². The fraction of sp³-hybridized carbons (Fsp3) is 0.538. The van der Waals surface area contributed by atoms with Gasteiger partial charge in [0, 0.05) is 19.1 Å². The molecule has 3 N–H and O–H groups in total. The van der Waals surface area contributed by atoms with E-state index in [0.29, 0.717) is 17.7 Å². The summed E-state index contributed by atoms with van der Waals surface area (Å²) >= 11 is 0. The molecule has 0 aliphatic carbocycles. The normalized spacial score (nSPS) is 26.9. The molecule has 1 fully saturated rings. The Bertz CT molecular complexity index is 336. The van der Waals surface area contributed by atoms with E-state index in [-0.39, 0.29) is 0 Å². The summed E-state index contributed by atoms with van der Waals surface area (Å²) in [4.78, 5) is 2.39. The topological polar surface area (TPSA) is 49.5 Å². The van der Waals surface area contributed by atoms with Crippen LogP contribution in [-0.2, 0) is 6.54 Å². The Kier molecular flexibility index (Phi) is 3.46. The van der Waals surface area contributed by atoms with E-state index < -0.39 is 0 Å². The average molecular weight is 220 g/mol. The summed E-state index contributed by atoms with van der Waals surface area (Å²) in [6.45, 7) is 5.25. The van der Waals surface area contributed by atoms with Gasteiger partial charge in [-0.15, -0.1) is 0 Å². The number of benzene rings is 1. The highest BCUT2D eigenvalue weighted by Gasteiger charge is 2.22. The molecule has 0 radical (unpaired) electrons. The smallest absolute Gasteiger partial charge is 0.115 e. The lowest BCUT2D eigenvalue weighted by atomic mass is 9.94. The summed E-state index contributed by atoms with van der Waals surface area (Å²) in [5, 5.41) is 9.21. The van der Waals surface area contributed by atoms with E-state index in [9.17, 15) is 5.11 Å². The van der Waals surface area contributed by atoms with Crippen LogP contribution in [0.4, 0.5) is 0 Å². The van der Waals surface area contributed by atoms with Crippen molar-refractivity contribution in [2.75, 3.05) is 13.1 Å². The molecule has 88 valence electrons. The third-order valence-corrected chi connectivity index (χ3v) is 3.44. The minimum absolute atomic E-state index is 0.297. The van der Waals surface area contributed by atoms with Gasteiger partial charge in [0.25, 0.3) is 0 Å². The standard InChI is InChI=1S/C13H20N2O/c1-10-6-7-15(9-13(10)14)8-11-2-4-12(16)5-3-11/h2-5,10,13,16H,6-9,14H2,1H3. The molecule has 3 heteroatoms. The van der Waals surface area contributed by atoms with Crippen LogP contribution >= 0.6 is 0 Å². The van der Waals surface area contributed by atoms with E-state index in [4.69, 9.17) is 5.73 Å². The van der Waals surface area contributed by atoms with Gasteiger partial charge in [0.2, 0.25) is 0 Å². The van der Waals surface area contributed by atoms with Crippen LogP contribution in [0, 0.1) is 5.92 Å². The van der Waals surface area contributed by atoms with Crippen molar-refractivity contribution in [1.29, 1.82) is 0 Å². The molecule has 0 spiro atoms. The van der Waals surface area contributed by atoms with Crippen LogP contribution in [-0.4, -0.2) is 29.1 Å². The van der Waals surface area contributed by atoms with Crippen LogP contribution in [0.5, 0.6) is 5.75 Å². The van der Waals surface area contributed by atoms with E-state index >= 15 is 0 Å². The molecular formula is C13H20N2O. The number of phenols is 1. The Balaban J connectivity index is 1.93. The largest absolute Gasteiger partial charge is 0.508 e. The van der Waals surface area contributed by atoms with Crippen molar-refractivity contribution in [3.63, 3.8) is 0 Å². The molecule has 2 rings (SSSR count). The lowest BCUT2D eigenvalue weighted by Gasteiger charge is -2.35. The predicted octanol–water partition coefficient (Wildman–Crippen LogP) is 1.56. The zero-order chi connectivity index (χ0) is 11.5. The molecular weight excluding hydrogens is 200 g/mol. The quantitative estimate of drug-likeness (QED) is 0.795. The first-order valence-electron chi connectivity index (χ1n) is 5.91. The number of hydrogen-bond donors (Lipinski definition) is 2. The monoisotopic (exact) mass is 220 g/mol. The summed E-state index contributed by atoms with van der Waals surface area (Å²) in [6, 6.07) is 7.72.